The number of hydrogen-bond donors (Lipinski definition) is 2. The maximum Gasteiger partial charge on any atom is 0.138 e. The van der Waals surface area contributed by atoms with Crippen LogP contribution in [0.2, 0.25) is 5.02 Å². The molecule has 0 aromatic heterocycles. The van der Waals surface area contributed by atoms with E-state index in [0.29, 0.717) is 5.02 Å². The van der Waals surface area contributed by atoms with Crippen molar-refractivity contribution in [2.24, 2.45) is 0 Å². The van der Waals surface area contributed by atoms with E-state index in [4.69, 9.17) is 16.3 Å². The van der Waals surface area contributed by atoms with E-state index in [1.165, 1.54) is 26.2 Å². The molecule has 1 aliphatic rings. The van der Waals surface area contributed by atoms with E-state index < -0.39 is 0 Å². The summed E-state index contributed by atoms with van der Waals surface area (Å²) >= 11 is 9.46. The second-order valence-corrected chi connectivity index (χ2v) is 5.61. The van der Waals surface area contributed by atoms with Gasteiger partial charge in [0.15, 0.2) is 0 Å². The van der Waals surface area contributed by atoms with Gasteiger partial charge in [0.1, 0.15) is 45.1 Å². The number of quaternary nitrogens is 2. The van der Waals surface area contributed by atoms with Gasteiger partial charge < -0.3 is 15.0 Å². The van der Waals surface area contributed by atoms with Crippen LogP contribution in [0.15, 0.2) is 22.7 Å². The SMILES string of the molecule is Clc1cc(Br)ccc1OCC[NH+]1CC[NH2+]CC1. The lowest BCUT2D eigenvalue weighted by Gasteiger charge is -2.22. The van der Waals surface area contributed by atoms with E-state index in [-0.39, 0.29) is 0 Å². The molecule has 5 heteroatoms. The Labute approximate surface area is 115 Å². The van der Waals surface area contributed by atoms with Crippen molar-refractivity contribution in [3.05, 3.63) is 27.7 Å². The summed E-state index contributed by atoms with van der Waals surface area (Å²) in [6.07, 6.45) is 0. The quantitative estimate of drug-likeness (QED) is 0.800. The third kappa shape index (κ3) is 4.14. The number of hydrogen-bond acceptors (Lipinski definition) is 1. The normalized spacial score (nSPS) is 17.1. The minimum atomic E-state index is 0.668. The zero-order chi connectivity index (χ0) is 12.1. The molecule has 1 aromatic rings. The predicted octanol–water partition coefficient (Wildman–Crippen LogP) is -0.0568. The topological polar surface area (TPSA) is 30.3 Å². The van der Waals surface area contributed by atoms with Gasteiger partial charge in [-0.25, -0.2) is 0 Å². The number of benzene rings is 1. The van der Waals surface area contributed by atoms with Gasteiger partial charge in [-0.2, -0.15) is 0 Å². The molecular formula is C12H18BrClN2O+2. The van der Waals surface area contributed by atoms with Crippen LogP contribution in [0.3, 0.4) is 0 Å². The summed E-state index contributed by atoms with van der Waals surface area (Å²) in [6.45, 7) is 6.72. The Hall–Kier alpha value is -0.290. The zero-order valence-electron chi connectivity index (χ0n) is 9.72. The highest BCUT2D eigenvalue weighted by Crippen LogP contribution is 2.27. The van der Waals surface area contributed by atoms with Gasteiger partial charge in [0.25, 0.3) is 0 Å². The molecule has 0 bridgehead atoms. The van der Waals surface area contributed by atoms with E-state index in [9.17, 15) is 0 Å². The van der Waals surface area contributed by atoms with E-state index in [0.717, 1.165) is 23.4 Å². The summed E-state index contributed by atoms with van der Waals surface area (Å²) in [4.78, 5) is 1.63. The van der Waals surface area contributed by atoms with Crippen LogP contribution in [-0.4, -0.2) is 39.3 Å². The van der Waals surface area contributed by atoms with Crippen molar-refractivity contribution in [3.63, 3.8) is 0 Å². The molecule has 0 saturated carbocycles. The van der Waals surface area contributed by atoms with Crippen molar-refractivity contribution in [1.82, 2.24) is 0 Å². The number of halogens is 2. The fraction of sp³-hybridized carbons (Fsp3) is 0.500. The van der Waals surface area contributed by atoms with Crippen molar-refractivity contribution in [3.8, 4) is 5.75 Å². The molecule has 0 unspecified atom stereocenters. The second kappa shape index (κ2) is 6.59. The minimum absolute atomic E-state index is 0.668. The number of nitrogens with two attached hydrogens (primary N) is 1. The molecule has 17 heavy (non-hydrogen) atoms. The molecule has 0 radical (unpaired) electrons. The third-order valence-electron chi connectivity index (χ3n) is 3.01. The van der Waals surface area contributed by atoms with Gasteiger partial charge in [0, 0.05) is 4.47 Å². The maximum absolute atomic E-state index is 6.08. The van der Waals surface area contributed by atoms with Crippen LogP contribution in [0.25, 0.3) is 0 Å². The Kier molecular flexibility index (Phi) is 5.10. The summed E-state index contributed by atoms with van der Waals surface area (Å²) in [5.74, 6) is 0.776. The molecule has 2 rings (SSSR count). The average Bonchev–Trinajstić information content (AvgIpc) is 2.33. The van der Waals surface area contributed by atoms with Gasteiger partial charge in [-0.05, 0) is 18.2 Å². The highest BCUT2D eigenvalue weighted by Gasteiger charge is 2.15. The van der Waals surface area contributed by atoms with E-state index in [1.807, 2.05) is 18.2 Å². The summed E-state index contributed by atoms with van der Waals surface area (Å²) < 4.78 is 6.69. The van der Waals surface area contributed by atoms with Gasteiger partial charge in [0.2, 0.25) is 0 Å². The lowest BCUT2D eigenvalue weighted by atomic mass is 10.3. The first-order valence-corrected chi connectivity index (χ1v) is 7.16. The lowest BCUT2D eigenvalue weighted by molar-refractivity contribution is -0.946. The first-order valence-electron chi connectivity index (χ1n) is 5.99. The first-order chi connectivity index (χ1) is 8.25. The monoisotopic (exact) mass is 320 g/mol. The van der Waals surface area contributed by atoms with Gasteiger partial charge in [0.05, 0.1) is 5.02 Å². The average molecular weight is 322 g/mol. The number of rotatable bonds is 4. The summed E-state index contributed by atoms with van der Waals surface area (Å²) in [5.41, 5.74) is 0. The Morgan fingerprint density at radius 1 is 1.35 bits per heavy atom. The molecule has 0 atom stereocenters. The second-order valence-electron chi connectivity index (χ2n) is 4.29. The molecule has 0 amide bonds. The van der Waals surface area contributed by atoms with Crippen LogP contribution in [0, 0.1) is 0 Å². The summed E-state index contributed by atoms with van der Waals surface area (Å²) in [5, 5.41) is 3.04. The van der Waals surface area contributed by atoms with Crippen molar-refractivity contribution < 1.29 is 15.0 Å². The molecule has 94 valence electrons. The molecule has 1 heterocycles. The van der Waals surface area contributed by atoms with Gasteiger partial charge >= 0.3 is 0 Å². The minimum Gasteiger partial charge on any atom is -0.486 e. The van der Waals surface area contributed by atoms with Crippen molar-refractivity contribution in [2.45, 2.75) is 0 Å². The molecule has 3 N–H and O–H groups in total. The van der Waals surface area contributed by atoms with Crippen molar-refractivity contribution >= 4 is 27.5 Å². The molecule has 1 fully saturated rings. The van der Waals surface area contributed by atoms with Crippen LogP contribution >= 0.6 is 27.5 Å². The van der Waals surface area contributed by atoms with Crippen LogP contribution in [-0.2, 0) is 0 Å². The maximum atomic E-state index is 6.08. The van der Waals surface area contributed by atoms with Crippen LogP contribution < -0.4 is 15.0 Å². The smallest absolute Gasteiger partial charge is 0.138 e. The molecule has 1 saturated heterocycles. The highest BCUT2D eigenvalue weighted by atomic mass is 79.9. The van der Waals surface area contributed by atoms with E-state index >= 15 is 0 Å². The molecule has 0 aliphatic carbocycles. The van der Waals surface area contributed by atoms with Crippen molar-refractivity contribution in [1.29, 1.82) is 0 Å². The number of piperazine rings is 1. The highest BCUT2D eigenvalue weighted by molar-refractivity contribution is 9.10. The summed E-state index contributed by atoms with van der Waals surface area (Å²) in [7, 11) is 0. The molecule has 1 aliphatic heterocycles. The van der Waals surface area contributed by atoms with Crippen LogP contribution in [0.5, 0.6) is 5.75 Å². The van der Waals surface area contributed by atoms with Gasteiger partial charge in [-0.1, -0.05) is 27.5 Å². The molecule has 3 nitrogen and oxygen atoms in total. The largest absolute Gasteiger partial charge is 0.486 e. The summed E-state index contributed by atoms with van der Waals surface area (Å²) in [6, 6.07) is 5.72. The Morgan fingerprint density at radius 3 is 2.82 bits per heavy atom. The number of ether oxygens (including phenoxy) is 1. The Bertz CT molecular complexity index is 370. The lowest BCUT2D eigenvalue weighted by Crippen LogP contribution is -3.20. The van der Waals surface area contributed by atoms with E-state index in [2.05, 4.69) is 21.2 Å². The fourth-order valence-corrected chi connectivity index (χ4v) is 2.76. The van der Waals surface area contributed by atoms with Gasteiger partial charge in [-0.3, -0.25) is 0 Å². The standard InChI is InChI=1S/C12H16BrClN2O/c13-10-1-2-12(11(14)9-10)17-8-7-16-5-3-15-4-6-16/h1-2,9,15H,3-8H2/p+2. The molecule has 1 aromatic carbocycles. The Morgan fingerprint density at radius 2 is 2.12 bits per heavy atom. The zero-order valence-corrected chi connectivity index (χ0v) is 12.1. The van der Waals surface area contributed by atoms with Crippen LogP contribution in [0.1, 0.15) is 0 Å². The van der Waals surface area contributed by atoms with Crippen molar-refractivity contribution in [2.75, 3.05) is 39.3 Å². The fourth-order valence-electron chi connectivity index (χ4n) is 2.03. The molecule has 0 spiro atoms. The van der Waals surface area contributed by atoms with E-state index in [1.54, 1.807) is 4.90 Å². The third-order valence-corrected chi connectivity index (χ3v) is 3.80. The van der Waals surface area contributed by atoms with Crippen LogP contribution in [0.4, 0.5) is 0 Å². The van der Waals surface area contributed by atoms with Gasteiger partial charge in [-0.15, -0.1) is 0 Å². The predicted molar refractivity (Wildman–Crippen MR) is 71.9 cm³/mol. The Balaban J connectivity index is 1.77. The molecular weight excluding hydrogens is 304 g/mol. The number of nitrogens with one attached hydrogen (secondary N) is 1. The first kappa shape index (κ1) is 13.1.